The summed E-state index contributed by atoms with van der Waals surface area (Å²) in [5.74, 6) is -1.11. The number of amides is 1. The lowest BCUT2D eigenvalue weighted by Crippen LogP contribution is -2.40. The maximum absolute atomic E-state index is 12.0. The van der Waals surface area contributed by atoms with E-state index in [4.69, 9.17) is 0 Å². The van der Waals surface area contributed by atoms with Gasteiger partial charge in [-0.15, -0.1) is 13.2 Å². The zero-order chi connectivity index (χ0) is 13.4. The Morgan fingerprint density at radius 2 is 1.89 bits per heavy atom. The molecule has 1 fully saturated rings. The van der Waals surface area contributed by atoms with Crippen LogP contribution in [0.15, 0.2) is 30.3 Å². The number of nitrogens with zero attached hydrogens (tertiary/aromatic N) is 1. The number of benzene rings is 1. The third-order valence-electron chi connectivity index (χ3n) is 2.72. The molecule has 1 N–H and O–H groups in total. The summed E-state index contributed by atoms with van der Waals surface area (Å²) < 4.78 is 36.1. The number of carbonyl (C=O) groups is 1. The Morgan fingerprint density at radius 3 is 2.44 bits per heavy atom. The molecule has 1 aliphatic rings. The maximum atomic E-state index is 12.0. The Kier molecular flexibility index (Phi) is 3.04. The molecule has 1 unspecified atom stereocenters. The third-order valence-corrected chi connectivity index (χ3v) is 2.72. The highest BCUT2D eigenvalue weighted by atomic mass is 19.4. The lowest BCUT2D eigenvalue weighted by molar-refractivity contribution is -0.400. The van der Waals surface area contributed by atoms with E-state index in [1.807, 2.05) is 0 Å². The van der Waals surface area contributed by atoms with Crippen LogP contribution < -0.4 is 0 Å². The Bertz CT molecular complexity index is 449. The largest absolute Gasteiger partial charge is 0.544 e. The highest BCUT2D eigenvalue weighted by Gasteiger charge is 2.50. The second-order valence-electron chi connectivity index (χ2n) is 3.92. The minimum Gasteiger partial charge on any atom is -0.375 e. The van der Waals surface area contributed by atoms with Crippen molar-refractivity contribution in [2.24, 2.45) is 0 Å². The van der Waals surface area contributed by atoms with Crippen molar-refractivity contribution in [3.05, 3.63) is 35.9 Å². The van der Waals surface area contributed by atoms with Crippen LogP contribution in [0.1, 0.15) is 12.0 Å². The molecule has 7 heteroatoms. The van der Waals surface area contributed by atoms with Gasteiger partial charge in [-0.2, -0.15) is 4.84 Å². The van der Waals surface area contributed by atoms with Crippen molar-refractivity contribution in [1.82, 2.24) is 5.06 Å². The van der Waals surface area contributed by atoms with E-state index in [1.165, 1.54) is 12.1 Å². The van der Waals surface area contributed by atoms with Crippen molar-refractivity contribution >= 4 is 5.91 Å². The topological polar surface area (TPSA) is 49.8 Å². The molecular weight excluding hydrogens is 251 g/mol. The fourth-order valence-electron chi connectivity index (χ4n) is 1.87. The number of hydrogen-bond acceptors (Lipinski definition) is 3. The number of alkyl halides is 3. The smallest absolute Gasteiger partial charge is 0.375 e. The third kappa shape index (κ3) is 2.32. The number of rotatable bonds is 2. The fourth-order valence-corrected chi connectivity index (χ4v) is 1.87. The molecule has 1 heterocycles. The van der Waals surface area contributed by atoms with Gasteiger partial charge in [-0.05, 0) is 5.56 Å². The van der Waals surface area contributed by atoms with Crippen molar-refractivity contribution in [2.75, 3.05) is 6.54 Å². The van der Waals surface area contributed by atoms with Crippen LogP contribution >= 0.6 is 0 Å². The molecule has 1 atom stereocenters. The minimum atomic E-state index is -4.95. The molecule has 0 spiro atoms. The second kappa shape index (κ2) is 4.25. The number of carbonyl (C=O) groups excluding carboxylic acids is 1. The van der Waals surface area contributed by atoms with E-state index in [0.717, 1.165) is 0 Å². The van der Waals surface area contributed by atoms with Crippen LogP contribution in [0.5, 0.6) is 0 Å². The highest BCUT2D eigenvalue weighted by molar-refractivity contribution is 5.87. The molecule has 0 saturated carbocycles. The fraction of sp³-hybridized carbons (Fsp3) is 0.364. The van der Waals surface area contributed by atoms with Gasteiger partial charge < -0.3 is 5.11 Å². The first-order valence-electron chi connectivity index (χ1n) is 5.19. The molecule has 1 saturated heterocycles. The molecule has 0 aliphatic carbocycles. The van der Waals surface area contributed by atoms with E-state index in [1.54, 1.807) is 18.2 Å². The summed E-state index contributed by atoms with van der Waals surface area (Å²) in [7, 11) is 0. The van der Waals surface area contributed by atoms with Crippen molar-refractivity contribution in [3.8, 4) is 0 Å². The lowest BCUT2D eigenvalue weighted by Gasteiger charge is -2.22. The summed E-state index contributed by atoms with van der Waals surface area (Å²) in [4.78, 5) is 15.3. The van der Waals surface area contributed by atoms with Crippen molar-refractivity contribution < 1.29 is 27.9 Å². The summed E-state index contributed by atoms with van der Waals surface area (Å²) in [6.45, 7) is -0.316. The van der Waals surface area contributed by atoms with E-state index < -0.39 is 17.9 Å². The molecule has 1 aromatic carbocycles. The quantitative estimate of drug-likeness (QED) is 0.878. The van der Waals surface area contributed by atoms with Crippen LogP contribution in [0.3, 0.4) is 0 Å². The Hall–Kier alpha value is -1.60. The Balaban J connectivity index is 2.21. The van der Waals surface area contributed by atoms with Gasteiger partial charge in [0.2, 0.25) is 0 Å². The molecular formula is C11H10F3NO3. The van der Waals surface area contributed by atoms with Gasteiger partial charge in [-0.3, -0.25) is 4.79 Å². The monoisotopic (exact) mass is 261 g/mol. The first kappa shape index (κ1) is 12.8. The predicted molar refractivity (Wildman–Crippen MR) is 53.8 cm³/mol. The van der Waals surface area contributed by atoms with Gasteiger partial charge in [0, 0.05) is 6.42 Å². The summed E-state index contributed by atoms with van der Waals surface area (Å²) in [6.07, 6.45) is -5.09. The molecule has 98 valence electrons. The molecule has 1 amide bonds. The standard InChI is InChI=1S/C11H10F3NO3/c12-11(13,14)18-15-7-6-10(17,9(15)16)8-4-2-1-3-5-8/h1-5,17H,6-7H2. The van der Waals surface area contributed by atoms with Gasteiger partial charge in [0.05, 0.1) is 6.54 Å². The molecule has 1 aliphatic heterocycles. The molecule has 0 bridgehead atoms. The summed E-state index contributed by atoms with van der Waals surface area (Å²) in [6, 6.07) is 7.82. The molecule has 2 rings (SSSR count). The van der Waals surface area contributed by atoms with Crippen LogP contribution in [0, 0.1) is 0 Å². The van der Waals surface area contributed by atoms with Crippen LogP contribution in [-0.2, 0) is 15.2 Å². The van der Waals surface area contributed by atoms with Gasteiger partial charge in [0.15, 0.2) is 5.60 Å². The first-order chi connectivity index (χ1) is 8.33. The molecule has 0 radical (unpaired) electrons. The lowest BCUT2D eigenvalue weighted by atomic mass is 9.92. The zero-order valence-corrected chi connectivity index (χ0v) is 9.15. The Labute approximate surface area is 101 Å². The highest BCUT2D eigenvalue weighted by Crippen LogP contribution is 2.35. The van der Waals surface area contributed by atoms with Gasteiger partial charge in [0.25, 0.3) is 5.91 Å². The number of hydrogen-bond donors (Lipinski definition) is 1. The van der Waals surface area contributed by atoms with Gasteiger partial charge >= 0.3 is 6.36 Å². The average molecular weight is 261 g/mol. The summed E-state index contributed by atoms with van der Waals surface area (Å²) >= 11 is 0. The second-order valence-corrected chi connectivity index (χ2v) is 3.92. The SMILES string of the molecule is O=C1N(OC(F)(F)F)CCC1(O)c1ccccc1. The number of hydroxylamine groups is 2. The average Bonchev–Trinajstić information content (AvgIpc) is 2.58. The summed E-state index contributed by atoms with van der Waals surface area (Å²) in [5.41, 5.74) is -1.70. The zero-order valence-electron chi connectivity index (χ0n) is 9.15. The van der Waals surface area contributed by atoms with Crippen LogP contribution in [0.25, 0.3) is 0 Å². The normalized spacial score (nSPS) is 24.7. The van der Waals surface area contributed by atoms with Gasteiger partial charge in [-0.25, -0.2) is 5.06 Å². The number of halogens is 3. The number of aliphatic hydroxyl groups is 1. The maximum Gasteiger partial charge on any atom is 0.544 e. The van der Waals surface area contributed by atoms with E-state index in [0.29, 0.717) is 0 Å². The summed E-state index contributed by atoms with van der Waals surface area (Å²) in [5, 5.41) is 10.3. The van der Waals surface area contributed by atoms with Crippen LogP contribution in [-0.4, -0.2) is 29.0 Å². The molecule has 1 aromatic rings. The van der Waals surface area contributed by atoms with Crippen LogP contribution in [0.4, 0.5) is 13.2 Å². The molecule has 18 heavy (non-hydrogen) atoms. The van der Waals surface area contributed by atoms with Gasteiger partial charge in [0.1, 0.15) is 0 Å². The van der Waals surface area contributed by atoms with E-state index in [9.17, 15) is 23.1 Å². The van der Waals surface area contributed by atoms with Crippen LogP contribution in [0.2, 0.25) is 0 Å². The van der Waals surface area contributed by atoms with E-state index >= 15 is 0 Å². The van der Waals surface area contributed by atoms with Crippen molar-refractivity contribution in [2.45, 2.75) is 18.4 Å². The predicted octanol–water partition coefficient (Wildman–Crippen LogP) is 1.56. The van der Waals surface area contributed by atoms with Crippen molar-refractivity contribution in [1.29, 1.82) is 0 Å². The first-order valence-corrected chi connectivity index (χ1v) is 5.19. The van der Waals surface area contributed by atoms with Gasteiger partial charge in [-0.1, -0.05) is 30.3 Å². The van der Waals surface area contributed by atoms with Crippen molar-refractivity contribution in [3.63, 3.8) is 0 Å². The van der Waals surface area contributed by atoms with E-state index in [2.05, 4.69) is 4.84 Å². The molecule has 0 aromatic heterocycles. The minimum absolute atomic E-state index is 0.146. The Morgan fingerprint density at radius 1 is 1.28 bits per heavy atom. The molecule has 4 nitrogen and oxygen atoms in total. The van der Waals surface area contributed by atoms with E-state index in [-0.39, 0.29) is 23.6 Å².